The molecule has 3 aliphatic rings. The quantitative estimate of drug-likeness (QED) is 0.0505. The zero-order valence-corrected chi connectivity index (χ0v) is 46.6. The number of fused-ring (bicyclic) bond motifs is 5. The van der Waals surface area contributed by atoms with Gasteiger partial charge in [-0.2, -0.15) is 11.8 Å². The molecule has 5 rings (SSSR count). The van der Waals surface area contributed by atoms with Crippen molar-refractivity contribution in [2.75, 3.05) is 58.0 Å². The third-order valence-electron chi connectivity index (χ3n) is 14.6. The van der Waals surface area contributed by atoms with Gasteiger partial charge in [-0.05, 0) is 42.9 Å². The number of aliphatic hydroxyl groups excluding tert-OH is 3. The molecule has 1 fully saturated rings. The van der Waals surface area contributed by atoms with Gasteiger partial charge in [-0.1, -0.05) is 33.6 Å². The molecule has 3 aliphatic heterocycles. The molecule has 1 aromatic carbocycles. The van der Waals surface area contributed by atoms with Crippen LogP contribution >= 0.6 is 11.8 Å². The number of amides is 8. The fraction of sp³-hybridized carbons (Fsp3) is 0.647. The number of primary amides is 1. The van der Waals surface area contributed by atoms with Crippen LogP contribution in [0.2, 0.25) is 0 Å². The number of Topliss-reactive ketones (excluding diaryl/α,β-unsaturated/α-hetero) is 2. The number of ether oxygens (including phenoxy) is 1. The molecule has 1 unspecified atom stereocenters. The average molecular weight is 1150 g/mol. The predicted octanol–water partition coefficient (Wildman–Crippen LogP) is -2.64. The largest absolute Gasteiger partial charge is 0.496 e. The van der Waals surface area contributed by atoms with Crippen LogP contribution < -0.4 is 48.3 Å². The van der Waals surface area contributed by atoms with Gasteiger partial charge in [0.05, 0.1) is 80.2 Å². The first-order valence-electron chi connectivity index (χ1n) is 26.4. The van der Waals surface area contributed by atoms with E-state index >= 15 is 4.21 Å². The fourth-order valence-corrected chi connectivity index (χ4v) is 12.2. The van der Waals surface area contributed by atoms with Crippen molar-refractivity contribution in [3.63, 3.8) is 0 Å². The van der Waals surface area contributed by atoms with Crippen molar-refractivity contribution >= 4 is 92.3 Å². The lowest BCUT2D eigenvalue weighted by atomic mass is 9.85. The van der Waals surface area contributed by atoms with Gasteiger partial charge in [0.2, 0.25) is 47.3 Å². The van der Waals surface area contributed by atoms with Crippen molar-refractivity contribution in [1.82, 2.24) is 41.8 Å². The minimum absolute atomic E-state index is 0.0901. The van der Waals surface area contributed by atoms with Crippen LogP contribution in [0.25, 0.3) is 10.9 Å². The number of carbonyl (C=O) groups excluding carboxylic acids is 10. The first-order chi connectivity index (χ1) is 37.6. The summed E-state index contributed by atoms with van der Waals surface area (Å²) in [6, 6.07) is -3.65. The summed E-state index contributed by atoms with van der Waals surface area (Å²) in [7, 11) is -0.964. The fourth-order valence-electron chi connectivity index (χ4n) is 9.88. The van der Waals surface area contributed by atoms with Gasteiger partial charge in [-0.3, -0.25) is 52.2 Å². The maximum atomic E-state index is 15.2. The third-order valence-corrected chi connectivity index (χ3v) is 17.0. The molecule has 0 radical (unpaired) electrons. The highest BCUT2D eigenvalue weighted by Gasteiger charge is 2.45. The van der Waals surface area contributed by atoms with Crippen LogP contribution in [0, 0.1) is 23.7 Å². The van der Waals surface area contributed by atoms with Gasteiger partial charge in [-0.25, -0.2) is 5.90 Å². The summed E-state index contributed by atoms with van der Waals surface area (Å²) >= 11 is 1.42. The van der Waals surface area contributed by atoms with Crippen molar-refractivity contribution in [1.29, 1.82) is 0 Å². The highest BCUT2D eigenvalue weighted by Crippen LogP contribution is 2.37. The van der Waals surface area contributed by atoms with Crippen LogP contribution in [-0.2, 0) is 75.8 Å². The number of aliphatic hydroxyl groups is 3. The Morgan fingerprint density at radius 3 is 2.37 bits per heavy atom. The Bertz CT molecular complexity index is 2580. The number of methoxy groups -OCH3 is 1. The van der Waals surface area contributed by atoms with Gasteiger partial charge in [0.15, 0.2) is 11.6 Å². The van der Waals surface area contributed by atoms with Gasteiger partial charge in [0.1, 0.15) is 28.9 Å². The number of nitrogens with zero attached hydrogens (tertiary/aromatic N) is 1. The van der Waals surface area contributed by atoms with E-state index in [-0.39, 0.29) is 28.7 Å². The van der Waals surface area contributed by atoms with E-state index in [0.717, 1.165) is 11.3 Å². The van der Waals surface area contributed by atoms with Gasteiger partial charge in [0.25, 0.3) is 0 Å². The molecule has 438 valence electrons. The molecule has 8 amide bonds. The molecule has 28 heteroatoms. The minimum atomic E-state index is -2.40. The normalized spacial score (nSPS) is 25.4. The molecule has 79 heavy (non-hydrogen) atoms. The van der Waals surface area contributed by atoms with E-state index in [0.29, 0.717) is 66.8 Å². The van der Waals surface area contributed by atoms with E-state index in [2.05, 4.69) is 41.7 Å². The molecule has 26 nitrogen and oxygen atoms in total. The number of hydrogen-bond donors (Lipinski definition) is 12. The molecular formula is C51H76N10O16S2. The zero-order chi connectivity index (χ0) is 58.1. The molecule has 1 saturated heterocycles. The Morgan fingerprint density at radius 2 is 1.68 bits per heavy atom. The summed E-state index contributed by atoms with van der Waals surface area (Å²) < 4.78 is 21.0. The maximum Gasteiger partial charge on any atom is 0.246 e. The molecule has 2 aromatic rings. The van der Waals surface area contributed by atoms with Crippen LogP contribution in [0.5, 0.6) is 5.75 Å². The highest BCUT2D eigenvalue weighted by molar-refractivity contribution is 7.98. The van der Waals surface area contributed by atoms with Crippen molar-refractivity contribution in [2.24, 2.45) is 35.3 Å². The lowest BCUT2D eigenvalue weighted by Crippen LogP contribution is -2.60. The van der Waals surface area contributed by atoms with Crippen LogP contribution in [0.4, 0.5) is 0 Å². The molecule has 0 spiro atoms. The Balaban J connectivity index is 1.71. The number of thioether (sulfide) groups is 1. The number of aromatic amines is 1. The second-order valence-electron chi connectivity index (χ2n) is 20.3. The number of nitrogens with two attached hydrogens (primary N) is 2. The monoisotopic (exact) mass is 1150 g/mol. The lowest BCUT2D eigenvalue weighted by molar-refractivity contribution is -0.144. The summed E-state index contributed by atoms with van der Waals surface area (Å²) in [4.78, 5) is 148. The Morgan fingerprint density at radius 1 is 0.949 bits per heavy atom. The molecule has 2 bridgehead atoms. The summed E-state index contributed by atoms with van der Waals surface area (Å²) in [5, 5.41) is 47.6. The van der Waals surface area contributed by atoms with E-state index in [1.807, 2.05) is 0 Å². The van der Waals surface area contributed by atoms with Gasteiger partial charge in [0, 0.05) is 79.0 Å². The number of nitrogens with one attached hydrogen (secondary N) is 7. The molecule has 11 atom stereocenters. The molecule has 14 N–H and O–H groups in total. The molecule has 0 saturated carbocycles. The van der Waals surface area contributed by atoms with Crippen LogP contribution in [0.3, 0.4) is 0 Å². The first kappa shape index (κ1) is 63.8. The van der Waals surface area contributed by atoms with Gasteiger partial charge >= 0.3 is 0 Å². The summed E-state index contributed by atoms with van der Waals surface area (Å²) in [5.74, 6) is -7.20. The van der Waals surface area contributed by atoms with E-state index < -0.39 is 181 Å². The number of ketones is 2. The smallest absolute Gasteiger partial charge is 0.246 e. The number of aromatic nitrogens is 1. The number of unbranched alkanes of at least 4 members (excludes halogenated alkanes) is 2. The van der Waals surface area contributed by atoms with Crippen molar-refractivity contribution in [2.45, 2.75) is 132 Å². The van der Waals surface area contributed by atoms with E-state index in [1.54, 1.807) is 26.0 Å². The van der Waals surface area contributed by atoms with E-state index in [9.17, 15) is 63.3 Å². The SMILES string of the molecule is CC[C@H](C)[C@@H]1CC(=O)CNC(=O)[C@H]2CC(=O)[C@H]([C@@H](C)[C@@H](O)CO)NC(=O)[C@@H]3C[C@@H](O)CN3C(=O)[C@H](CC(N)=O)NC(=O)[C@H](CS(=O)c3[nH]c4c(CSCCNC(=O)CCCCCON)c(OC)ccc4c3C2)NC(=O)CNC1=O. The number of hydrogen-bond acceptors (Lipinski definition) is 18. The van der Waals surface area contributed by atoms with E-state index in [1.165, 1.54) is 25.8 Å². The topological polar surface area (TPSA) is 410 Å². The van der Waals surface area contributed by atoms with Gasteiger partial charge < -0.3 is 72.4 Å². The minimum Gasteiger partial charge on any atom is -0.496 e. The molecule has 0 aliphatic carbocycles. The molecular weight excluding hydrogens is 1070 g/mol. The van der Waals surface area contributed by atoms with Crippen LogP contribution in [0.15, 0.2) is 17.2 Å². The molecule has 1 aromatic heterocycles. The average Bonchev–Trinajstić information content (AvgIpc) is 4.22. The highest BCUT2D eigenvalue weighted by atomic mass is 32.2. The van der Waals surface area contributed by atoms with Crippen molar-refractivity contribution < 1.29 is 77.0 Å². The van der Waals surface area contributed by atoms with E-state index in [4.69, 9.17) is 16.4 Å². The van der Waals surface area contributed by atoms with Gasteiger partial charge in [-0.15, -0.1) is 0 Å². The first-order valence-corrected chi connectivity index (χ1v) is 28.9. The Kier molecular flexibility index (Phi) is 24.6. The lowest BCUT2D eigenvalue weighted by Gasteiger charge is -2.32. The van der Waals surface area contributed by atoms with Crippen molar-refractivity contribution in [3.8, 4) is 5.75 Å². The number of rotatable bonds is 19. The van der Waals surface area contributed by atoms with Crippen LogP contribution in [-0.4, -0.2) is 183 Å². The standard InChI is InChI=1S/C51H76N10O16S2/c1-5-26(2)32-17-29(63)20-55-46(70)28-15-33-31-10-11-40(76-4)34(24-78-14-12-54-42(68)9-7-6-8-13-77-53)45(31)60-50(33)79(75)25-36(57-43(69)21-56-47(32)71)48(72)58-35(19-41(52)67)51(74)61-22-30(64)18-37(61)49(73)59-44(38(65)16-28)27(3)39(66)23-62/h10-11,26-28,30,32,35-37,39,44,60,62,64,66H,5-9,12-25,53H2,1-4H3,(H2,52,67)(H,54,68)(H,55,70)(H,56,71)(H,57,69)(H,58,72)(H,59,73)/t26-,27-,28+,30+,32-,35-,36-,37-,39-,44-,79?/m0/s1. The maximum absolute atomic E-state index is 15.2. The predicted molar refractivity (Wildman–Crippen MR) is 287 cm³/mol. The Labute approximate surface area is 463 Å². The second kappa shape index (κ2) is 30.5. The zero-order valence-electron chi connectivity index (χ0n) is 44.9. The van der Waals surface area contributed by atoms with Crippen molar-refractivity contribution in [3.05, 3.63) is 23.3 Å². The Hall–Kier alpha value is -6.04. The third kappa shape index (κ3) is 17.5. The summed E-state index contributed by atoms with van der Waals surface area (Å²) in [5.41, 5.74) is 6.67. The molecule has 4 heterocycles. The van der Waals surface area contributed by atoms with Crippen LogP contribution in [0.1, 0.15) is 89.7 Å². The number of carbonyl (C=O) groups is 10. The number of benzene rings is 1. The second-order valence-corrected chi connectivity index (χ2v) is 22.8. The summed E-state index contributed by atoms with van der Waals surface area (Å²) in [6.07, 6.45) is -2.89. The summed E-state index contributed by atoms with van der Waals surface area (Å²) in [6.45, 7) is 2.83. The number of H-pyrrole nitrogens is 1.